The average molecular weight is 245 g/mol. The van der Waals surface area contributed by atoms with Crippen molar-refractivity contribution in [1.82, 2.24) is 5.32 Å². The minimum atomic E-state index is -1.24. The van der Waals surface area contributed by atoms with E-state index in [1.807, 2.05) is 0 Å². The van der Waals surface area contributed by atoms with Gasteiger partial charge in [-0.1, -0.05) is 0 Å². The van der Waals surface area contributed by atoms with Crippen molar-refractivity contribution in [3.05, 3.63) is 0 Å². The van der Waals surface area contributed by atoms with Crippen molar-refractivity contribution >= 4 is 23.6 Å². The smallest absolute Gasteiger partial charge is 0.326 e. The van der Waals surface area contributed by atoms with Crippen LogP contribution in [0.5, 0.6) is 0 Å². The lowest BCUT2D eigenvalue weighted by Gasteiger charge is -2.13. The molecule has 3 N–H and O–H groups in total. The van der Waals surface area contributed by atoms with E-state index in [-0.39, 0.29) is 31.5 Å². The van der Waals surface area contributed by atoms with Crippen LogP contribution in [0.2, 0.25) is 0 Å². The molecule has 0 aromatic heterocycles. The highest BCUT2D eigenvalue weighted by Crippen LogP contribution is 2.00. The van der Waals surface area contributed by atoms with Gasteiger partial charge in [-0.2, -0.15) is 0 Å². The second-order valence-corrected chi connectivity index (χ2v) is 3.59. The van der Waals surface area contributed by atoms with E-state index in [4.69, 9.17) is 10.2 Å². The molecule has 0 unspecified atom stereocenters. The normalized spacial score (nSPS) is 11.6. The summed E-state index contributed by atoms with van der Waals surface area (Å²) in [6, 6.07) is -1.15. The van der Waals surface area contributed by atoms with Crippen LogP contribution in [0.15, 0.2) is 0 Å². The maximum Gasteiger partial charge on any atom is 0.326 e. The molecule has 0 aliphatic carbocycles. The molecule has 0 radical (unpaired) electrons. The SMILES string of the molecule is CC(=O)CC[C@H](NC(=O)CCC(=O)O)C(=O)O. The van der Waals surface area contributed by atoms with E-state index in [1.165, 1.54) is 6.92 Å². The third kappa shape index (κ3) is 7.95. The van der Waals surface area contributed by atoms with Crippen LogP contribution in [0, 0.1) is 0 Å². The zero-order valence-corrected chi connectivity index (χ0v) is 9.43. The Labute approximate surface area is 97.8 Å². The minimum absolute atomic E-state index is 0.00345. The quantitative estimate of drug-likeness (QED) is 0.544. The number of hydrogen-bond donors (Lipinski definition) is 3. The molecule has 0 aliphatic heterocycles. The van der Waals surface area contributed by atoms with Gasteiger partial charge in [0.1, 0.15) is 11.8 Å². The molecule has 1 amide bonds. The predicted molar refractivity (Wildman–Crippen MR) is 56.4 cm³/mol. The number of ketones is 1. The molecule has 7 nitrogen and oxygen atoms in total. The summed E-state index contributed by atoms with van der Waals surface area (Å²) in [4.78, 5) is 42.8. The zero-order valence-electron chi connectivity index (χ0n) is 9.43. The fourth-order valence-corrected chi connectivity index (χ4v) is 1.09. The molecule has 0 aromatic rings. The Balaban J connectivity index is 4.15. The lowest BCUT2D eigenvalue weighted by atomic mass is 10.1. The molecule has 7 heteroatoms. The Morgan fingerprint density at radius 2 is 1.65 bits per heavy atom. The number of aliphatic carboxylic acids is 2. The summed E-state index contributed by atoms with van der Waals surface area (Å²) in [6.45, 7) is 1.32. The van der Waals surface area contributed by atoms with Gasteiger partial charge in [-0.3, -0.25) is 9.59 Å². The fourth-order valence-electron chi connectivity index (χ4n) is 1.09. The van der Waals surface area contributed by atoms with E-state index < -0.39 is 23.9 Å². The molecule has 0 saturated heterocycles. The zero-order chi connectivity index (χ0) is 13.4. The molecule has 17 heavy (non-hydrogen) atoms. The second kappa shape index (κ2) is 7.37. The van der Waals surface area contributed by atoms with Crippen LogP contribution in [0.3, 0.4) is 0 Å². The third-order valence-electron chi connectivity index (χ3n) is 1.98. The van der Waals surface area contributed by atoms with E-state index in [1.54, 1.807) is 0 Å². The molecule has 0 heterocycles. The summed E-state index contributed by atoms with van der Waals surface area (Å²) >= 11 is 0. The first kappa shape index (κ1) is 15.1. The number of carboxylic acids is 2. The van der Waals surface area contributed by atoms with Crippen LogP contribution < -0.4 is 5.32 Å². The summed E-state index contributed by atoms with van der Waals surface area (Å²) < 4.78 is 0. The number of Topliss-reactive ketones (excluding diaryl/α,β-unsaturated/α-hetero) is 1. The van der Waals surface area contributed by atoms with Crippen LogP contribution in [-0.4, -0.2) is 39.9 Å². The Kier molecular flexibility index (Phi) is 6.54. The van der Waals surface area contributed by atoms with Crippen molar-refractivity contribution in [2.45, 2.75) is 38.6 Å². The van der Waals surface area contributed by atoms with Gasteiger partial charge in [0.15, 0.2) is 0 Å². The van der Waals surface area contributed by atoms with Crippen molar-refractivity contribution in [3.8, 4) is 0 Å². The number of hydrogen-bond acceptors (Lipinski definition) is 4. The van der Waals surface area contributed by atoms with Gasteiger partial charge in [-0.05, 0) is 13.3 Å². The lowest BCUT2D eigenvalue weighted by Crippen LogP contribution is -2.41. The van der Waals surface area contributed by atoms with Crippen molar-refractivity contribution in [2.75, 3.05) is 0 Å². The predicted octanol–water partition coefficient (Wildman–Crippen LogP) is -0.210. The first-order valence-electron chi connectivity index (χ1n) is 5.06. The van der Waals surface area contributed by atoms with Crippen molar-refractivity contribution < 1.29 is 29.4 Å². The van der Waals surface area contributed by atoms with Gasteiger partial charge in [0.2, 0.25) is 5.91 Å². The topological polar surface area (TPSA) is 121 Å². The van der Waals surface area contributed by atoms with Crippen LogP contribution >= 0.6 is 0 Å². The Hall–Kier alpha value is -1.92. The highest BCUT2D eigenvalue weighted by Gasteiger charge is 2.20. The first-order valence-corrected chi connectivity index (χ1v) is 5.06. The minimum Gasteiger partial charge on any atom is -0.481 e. The number of rotatable bonds is 8. The van der Waals surface area contributed by atoms with Gasteiger partial charge in [0.25, 0.3) is 0 Å². The lowest BCUT2D eigenvalue weighted by molar-refractivity contribution is -0.142. The highest BCUT2D eigenvalue weighted by molar-refractivity contribution is 5.86. The molecule has 1 atom stereocenters. The second-order valence-electron chi connectivity index (χ2n) is 3.59. The van der Waals surface area contributed by atoms with Gasteiger partial charge in [0, 0.05) is 12.8 Å². The Morgan fingerprint density at radius 1 is 1.06 bits per heavy atom. The molecular formula is C10H15NO6. The molecule has 0 fully saturated rings. The van der Waals surface area contributed by atoms with Crippen LogP contribution in [0.25, 0.3) is 0 Å². The molecule has 0 saturated carbocycles. The van der Waals surface area contributed by atoms with E-state index in [0.29, 0.717) is 0 Å². The Bertz CT molecular complexity index is 325. The van der Waals surface area contributed by atoms with Gasteiger partial charge >= 0.3 is 11.9 Å². The largest absolute Gasteiger partial charge is 0.481 e. The van der Waals surface area contributed by atoms with Crippen molar-refractivity contribution in [2.24, 2.45) is 0 Å². The number of carboxylic acid groups (broad SMARTS) is 2. The fraction of sp³-hybridized carbons (Fsp3) is 0.600. The van der Waals surface area contributed by atoms with Crippen molar-refractivity contribution in [3.63, 3.8) is 0 Å². The summed E-state index contributed by atoms with van der Waals surface area (Å²) in [5.74, 6) is -3.19. The van der Waals surface area contributed by atoms with Crippen LogP contribution in [0.1, 0.15) is 32.6 Å². The standard InChI is InChI=1S/C10H15NO6/c1-6(12)2-3-7(10(16)17)11-8(13)4-5-9(14)15/h7H,2-5H2,1H3,(H,11,13)(H,14,15)(H,16,17)/t7-/m0/s1. The maximum atomic E-state index is 11.2. The summed E-state index contributed by atoms with van der Waals surface area (Å²) in [7, 11) is 0. The van der Waals surface area contributed by atoms with Gasteiger partial charge in [0.05, 0.1) is 6.42 Å². The van der Waals surface area contributed by atoms with E-state index >= 15 is 0 Å². The van der Waals surface area contributed by atoms with E-state index in [2.05, 4.69) is 5.32 Å². The summed E-state index contributed by atoms with van der Waals surface area (Å²) in [5.41, 5.74) is 0. The molecule has 0 spiro atoms. The number of carbonyl (C=O) groups excluding carboxylic acids is 2. The van der Waals surface area contributed by atoms with Crippen molar-refractivity contribution in [1.29, 1.82) is 0 Å². The first-order chi connectivity index (χ1) is 7.82. The van der Waals surface area contributed by atoms with Gasteiger partial charge < -0.3 is 20.3 Å². The molecule has 0 bridgehead atoms. The summed E-state index contributed by atoms with van der Waals surface area (Å²) in [6.07, 6.45) is -0.580. The molecule has 96 valence electrons. The van der Waals surface area contributed by atoms with Crippen LogP contribution in [-0.2, 0) is 19.2 Å². The number of carbonyl (C=O) groups is 4. The Morgan fingerprint density at radius 3 is 2.06 bits per heavy atom. The van der Waals surface area contributed by atoms with Gasteiger partial charge in [-0.25, -0.2) is 4.79 Å². The van der Waals surface area contributed by atoms with Crippen LogP contribution in [0.4, 0.5) is 0 Å². The number of nitrogens with one attached hydrogen (secondary N) is 1. The molecular weight excluding hydrogens is 230 g/mol. The third-order valence-corrected chi connectivity index (χ3v) is 1.98. The maximum absolute atomic E-state index is 11.2. The average Bonchev–Trinajstić information content (AvgIpc) is 2.20. The molecule has 0 rings (SSSR count). The monoisotopic (exact) mass is 245 g/mol. The highest BCUT2D eigenvalue weighted by atomic mass is 16.4. The molecule has 0 aliphatic rings. The molecule has 0 aromatic carbocycles. The van der Waals surface area contributed by atoms with Gasteiger partial charge in [-0.15, -0.1) is 0 Å². The number of amides is 1. The van der Waals surface area contributed by atoms with E-state index in [9.17, 15) is 19.2 Å². The van der Waals surface area contributed by atoms with E-state index in [0.717, 1.165) is 0 Å². The summed E-state index contributed by atoms with van der Waals surface area (Å²) in [5, 5.41) is 19.3.